The summed E-state index contributed by atoms with van der Waals surface area (Å²) < 4.78 is 70.3. The molecule has 3 N–H and O–H groups in total. The van der Waals surface area contributed by atoms with Gasteiger partial charge < -0.3 is 20.5 Å². The number of alkyl halides is 3. The SMILES string of the molecule is Cc1c(C(=O)O)ccc2c1CC[C@@H]2NC(=O)c1cc(C(=O)NCc2ccc(F)c(OC(F)(F)F)c2)nc2c(F)cnn12. The van der Waals surface area contributed by atoms with E-state index in [1.165, 1.54) is 6.07 Å². The van der Waals surface area contributed by atoms with Crippen LogP contribution >= 0.6 is 0 Å². The van der Waals surface area contributed by atoms with Crippen molar-refractivity contribution < 1.29 is 46.2 Å². The third kappa shape index (κ3) is 5.57. The summed E-state index contributed by atoms with van der Waals surface area (Å²) in [6, 6.07) is 6.28. The van der Waals surface area contributed by atoms with Crippen LogP contribution < -0.4 is 15.4 Å². The maximum Gasteiger partial charge on any atom is 0.573 e. The van der Waals surface area contributed by atoms with Crippen LogP contribution in [0.3, 0.4) is 0 Å². The van der Waals surface area contributed by atoms with Crippen LogP contribution in [0.25, 0.3) is 5.65 Å². The van der Waals surface area contributed by atoms with Crippen LogP contribution in [0.15, 0.2) is 42.6 Å². The van der Waals surface area contributed by atoms with Crippen LogP contribution in [0.2, 0.25) is 0 Å². The van der Waals surface area contributed by atoms with E-state index < -0.39 is 58.9 Å². The summed E-state index contributed by atoms with van der Waals surface area (Å²) in [6.45, 7) is 1.31. The van der Waals surface area contributed by atoms with Gasteiger partial charge in [0.05, 0.1) is 17.8 Å². The molecule has 10 nitrogen and oxygen atoms in total. The Morgan fingerprint density at radius 3 is 2.57 bits per heavy atom. The largest absolute Gasteiger partial charge is 0.573 e. The Labute approximate surface area is 233 Å². The van der Waals surface area contributed by atoms with Gasteiger partial charge in [-0.15, -0.1) is 13.2 Å². The Bertz CT molecular complexity index is 1750. The number of halogens is 5. The molecule has 0 bridgehead atoms. The molecule has 0 saturated heterocycles. The molecule has 2 aromatic carbocycles. The summed E-state index contributed by atoms with van der Waals surface area (Å²) in [6.07, 6.45) is -3.34. The van der Waals surface area contributed by atoms with Crippen molar-refractivity contribution in [3.8, 4) is 5.75 Å². The summed E-state index contributed by atoms with van der Waals surface area (Å²) in [4.78, 5) is 41.6. The van der Waals surface area contributed by atoms with Crippen LogP contribution in [-0.4, -0.2) is 43.9 Å². The van der Waals surface area contributed by atoms with Crippen molar-refractivity contribution in [1.82, 2.24) is 25.2 Å². The Kier molecular flexibility index (Phi) is 7.26. The molecular formula is C27H20F5N5O5. The fourth-order valence-corrected chi connectivity index (χ4v) is 4.84. The van der Waals surface area contributed by atoms with Gasteiger partial charge in [-0.3, -0.25) is 9.59 Å². The molecule has 0 radical (unpaired) electrons. The maximum atomic E-state index is 14.5. The number of nitrogens with zero attached hydrogens (tertiary/aromatic N) is 3. The molecule has 1 aliphatic rings. The van der Waals surface area contributed by atoms with Gasteiger partial charge in [0.15, 0.2) is 23.0 Å². The van der Waals surface area contributed by atoms with Crippen LogP contribution in [0, 0.1) is 18.6 Å². The van der Waals surface area contributed by atoms with Gasteiger partial charge in [0, 0.05) is 12.6 Å². The number of carbonyl (C=O) groups excluding carboxylic acids is 2. The van der Waals surface area contributed by atoms with Crippen molar-refractivity contribution in [3.05, 3.63) is 93.4 Å². The zero-order valence-corrected chi connectivity index (χ0v) is 21.6. The van der Waals surface area contributed by atoms with Gasteiger partial charge in [0.25, 0.3) is 11.8 Å². The van der Waals surface area contributed by atoms with Crippen LogP contribution in [0.1, 0.15) is 66.1 Å². The number of aromatic carboxylic acids is 1. The number of hydrogen-bond donors (Lipinski definition) is 3. The molecule has 2 amide bonds. The monoisotopic (exact) mass is 589 g/mol. The third-order valence-corrected chi connectivity index (χ3v) is 6.80. The number of hydrogen-bond acceptors (Lipinski definition) is 6. The number of amides is 2. The molecule has 1 atom stereocenters. The van der Waals surface area contributed by atoms with Crippen molar-refractivity contribution in [2.24, 2.45) is 0 Å². The highest BCUT2D eigenvalue weighted by atomic mass is 19.4. The predicted molar refractivity (Wildman–Crippen MR) is 134 cm³/mol. The van der Waals surface area contributed by atoms with Gasteiger partial charge in [-0.2, -0.15) is 5.10 Å². The zero-order chi connectivity index (χ0) is 30.3. The minimum absolute atomic E-state index is 0.0554. The van der Waals surface area contributed by atoms with Gasteiger partial charge in [0.2, 0.25) is 0 Å². The van der Waals surface area contributed by atoms with Gasteiger partial charge in [-0.1, -0.05) is 12.1 Å². The second-order valence-electron chi connectivity index (χ2n) is 9.43. The Hall–Kier alpha value is -5.08. The molecule has 4 aromatic rings. The number of carboxylic acids is 1. The van der Waals surface area contributed by atoms with Gasteiger partial charge in [-0.25, -0.2) is 23.1 Å². The predicted octanol–water partition coefficient (Wildman–Crippen LogP) is 4.26. The van der Waals surface area contributed by atoms with Gasteiger partial charge >= 0.3 is 12.3 Å². The van der Waals surface area contributed by atoms with Crippen LogP contribution in [0.4, 0.5) is 22.0 Å². The van der Waals surface area contributed by atoms with Crippen molar-refractivity contribution in [2.45, 2.75) is 38.7 Å². The van der Waals surface area contributed by atoms with Crippen molar-refractivity contribution >= 4 is 23.4 Å². The normalized spacial score (nSPS) is 14.5. The first-order valence-corrected chi connectivity index (χ1v) is 12.4. The minimum Gasteiger partial charge on any atom is -0.478 e. The fraction of sp³-hybridized carbons (Fsp3) is 0.222. The van der Waals surface area contributed by atoms with E-state index in [2.05, 4.69) is 25.5 Å². The van der Waals surface area contributed by atoms with Crippen molar-refractivity contribution in [3.63, 3.8) is 0 Å². The molecule has 0 aliphatic heterocycles. The average Bonchev–Trinajstić information content (AvgIpc) is 3.51. The van der Waals surface area contributed by atoms with E-state index >= 15 is 0 Å². The first-order valence-electron chi connectivity index (χ1n) is 12.4. The highest BCUT2D eigenvalue weighted by Gasteiger charge is 2.33. The summed E-state index contributed by atoms with van der Waals surface area (Å²) >= 11 is 0. The summed E-state index contributed by atoms with van der Waals surface area (Å²) in [5.41, 5.74) is 1.28. The van der Waals surface area contributed by atoms with E-state index in [0.717, 1.165) is 46.1 Å². The summed E-state index contributed by atoms with van der Waals surface area (Å²) in [7, 11) is 0. The number of aromatic nitrogens is 3. The van der Waals surface area contributed by atoms with Crippen molar-refractivity contribution in [2.75, 3.05) is 0 Å². The zero-order valence-electron chi connectivity index (χ0n) is 21.6. The highest BCUT2D eigenvalue weighted by Crippen LogP contribution is 2.35. The van der Waals surface area contributed by atoms with Gasteiger partial charge in [0.1, 0.15) is 11.4 Å². The molecule has 218 valence electrons. The molecule has 5 rings (SSSR count). The molecule has 15 heteroatoms. The lowest BCUT2D eigenvalue weighted by molar-refractivity contribution is -0.275. The fourth-order valence-electron chi connectivity index (χ4n) is 4.84. The molecule has 1 aliphatic carbocycles. The Balaban J connectivity index is 1.37. The number of rotatable bonds is 7. The number of fused-ring (bicyclic) bond motifs is 2. The second kappa shape index (κ2) is 10.7. The molecular weight excluding hydrogens is 569 g/mol. The number of carbonyl (C=O) groups is 3. The number of nitrogens with one attached hydrogen (secondary N) is 2. The summed E-state index contributed by atoms with van der Waals surface area (Å²) in [5.74, 6) is -5.96. The lowest BCUT2D eigenvalue weighted by Crippen LogP contribution is -2.30. The van der Waals surface area contributed by atoms with E-state index in [4.69, 9.17) is 0 Å². The van der Waals surface area contributed by atoms with Crippen LogP contribution in [0.5, 0.6) is 5.75 Å². The molecule has 2 aromatic heterocycles. The van der Waals surface area contributed by atoms with Crippen LogP contribution in [-0.2, 0) is 13.0 Å². The first kappa shape index (κ1) is 28.4. The standard InChI is InChI=1S/C27H20F5N5O5/c1-12-14-5-7-19(16(14)4-3-15(12)26(40)41)36-25(39)21-9-20(35-23-18(29)11-34-37(21)23)24(38)33-10-13-2-6-17(28)22(8-13)42-27(30,31)32/h2-4,6,8-9,11,19H,5,7,10H2,1H3,(H,33,38)(H,36,39)(H,40,41)/t19-/m0/s1. The van der Waals surface area contributed by atoms with E-state index in [1.807, 2.05) is 0 Å². The van der Waals surface area contributed by atoms with E-state index in [9.17, 15) is 41.4 Å². The summed E-state index contributed by atoms with van der Waals surface area (Å²) in [5, 5.41) is 18.4. The number of ether oxygens (including phenoxy) is 1. The molecule has 42 heavy (non-hydrogen) atoms. The Morgan fingerprint density at radius 2 is 1.86 bits per heavy atom. The third-order valence-electron chi connectivity index (χ3n) is 6.80. The topological polar surface area (TPSA) is 135 Å². The lowest BCUT2D eigenvalue weighted by Gasteiger charge is -2.16. The van der Waals surface area contributed by atoms with Gasteiger partial charge in [-0.05, 0) is 60.2 Å². The quantitative estimate of drug-likeness (QED) is 0.274. The number of benzene rings is 2. The van der Waals surface area contributed by atoms with E-state index in [-0.39, 0.29) is 23.4 Å². The van der Waals surface area contributed by atoms with E-state index in [0.29, 0.717) is 18.4 Å². The smallest absolute Gasteiger partial charge is 0.478 e. The molecule has 0 unspecified atom stereocenters. The Morgan fingerprint density at radius 1 is 1.10 bits per heavy atom. The lowest BCUT2D eigenvalue weighted by atomic mass is 9.98. The maximum absolute atomic E-state index is 14.5. The average molecular weight is 589 g/mol. The molecule has 2 heterocycles. The molecule has 0 fully saturated rings. The highest BCUT2D eigenvalue weighted by molar-refractivity contribution is 5.98. The first-order chi connectivity index (χ1) is 19.8. The molecule has 0 spiro atoms. The molecule has 0 saturated carbocycles. The minimum atomic E-state index is -5.13. The number of carboxylic acid groups (broad SMARTS) is 1. The van der Waals surface area contributed by atoms with Crippen molar-refractivity contribution in [1.29, 1.82) is 0 Å². The van der Waals surface area contributed by atoms with E-state index in [1.54, 1.807) is 13.0 Å². The second-order valence-corrected chi connectivity index (χ2v) is 9.43.